The van der Waals surface area contributed by atoms with Crippen molar-refractivity contribution in [3.63, 3.8) is 0 Å². The summed E-state index contributed by atoms with van der Waals surface area (Å²) < 4.78 is 5.17. The molecule has 3 N–H and O–H groups in total. The Morgan fingerprint density at radius 2 is 2.47 bits per heavy atom. The summed E-state index contributed by atoms with van der Waals surface area (Å²) in [6.07, 6.45) is 2.12. The van der Waals surface area contributed by atoms with Gasteiger partial charge in [-0.15, -0.1) is 0 Å². The van der Waals surface area contributed by atoms with E-state index in [-0.39, 0.29) is 5.91 Å². The topological polar surface area (TPSA) is 80.5 Å². The molecule has 104 valence electrons. The molecule has 2 heterocycles. The molecule has 6 nitrogen and oxygen atoms in total. The third-order valence-electron chi connectivity index (χ3n) is 3.32. The predicted octanol–water partition coefficient (Wildman–Crippen LogP) is 0.866. The molecule has 0 radical (unpaired) electrons. The number of anilines is 1. The number of methoxy groups -OCH3 is 1. The van der Waals surface area contributed by atoms with Crippen LogP contribution in [0.25, 0.3) is 0 Å². The van der Waals surface area contributed by atoms with Crippen molar-refractivity contribution in [3.8, 4) is 0 Å². The maximum absolute atomic E-state index is 12.4. The van der Waals surface area contributed by atoms with Crippen molar-refractivity contribution in [2.24, 2.45) is 11.8 Å². The van der Waals surface area contributed by atoms with Crippen LogP contribution in [0.15, 0.2) is 18.2 Å². The van der Waals surface area contributed by atoms with Crippen LogP contribution in [-0.2, 0) is 4.74 Å². The van der Waals surface area contributed by atoms with Gasteiger partial charge in [-0.25, -0.2) is 10.8 Å². The Hall–Kier alpha value is -1.66. The Labute approximate surface area is 112 Å². The van der Waals surface area contributed by atoms with Crippen molar-refractivity contribution in [3.05, 3.63) is 23.9 Å². The number of pyridine rings is 1. The Morgan fingerprint density at radius 3 is 3.21 bits per heavy atom. The van der Waals surface area contributed by atoms with Crippen LogP contribution in [0.3, 0.4) is 0 Å². The first-order valence-electron chi connectivity index (χ1n) is 6.46. The van der Waals surface area contributed by atoms with Crippen LogP contribution >= 0.6 is 0 Å². The first-order chi connectivity index (χ1) is 9.24. The molecule has 1 aromatic heterocycles. The number of hydrogen-bond donors (Lipinski definition) is 2. The monoisotopic (exact) mass is 264 g/mol. The fourth-order valence-corrected chi connectivity index (χ4v) is 2.42. The van der Waals surface area contributed by atoms with Crippen LogP contribution in [0, 0.1) is 5.92 Å². The highest BCUT2D eigenvalue weighted by Gasteiger charge is 2.25. The molecule has 1 aliphatic heterocycles. The number of carbonyl (C=O) groups excluding carboxylic acids is 1. The number of piperidine rings is 1. The van der Waals surface area contributed by atoms with Gasteiger partial charge in [0.05, 0.1) is 6.61 Å². The average molecular weight is 264 g/mol. The van der Waals surface area contributed by atoms with Gasteiger partial charge in [-0.2, -0.15) is 0 Å². The van der Waals surface area contributed by atoms with Crippen molar-refractivity contribution in [2.45, 2.75) is 12.8 Å². The van der Waals surface area contributed by atoms with Crippen molar-refractivity contribution < 1.29 is 9.53 Å². The summed E-state index contributed by atoms with van der Waals surface area (Å²) in [4.78, 5) is 18.4. The van der Waals surface area contributed by atoms with Gasteiger partial charge in [0.1, 0.15) is 11.5 Å². The number of hydrazine groups is 1. The summed E-state index contributed by atoms with van der Waals surface area (Å²) in [5.41, 5.74) is 2.88. The van der Waals surface area contributed by atoms with E-state index in [2.05, 4.69) is 10.4 Å². The third kappa shape index (κ3) is 3.42. The highest BCUT2D eigenvalue weighted by atomic mass is 16.5. The Balaban J connectivity index is 2.05. The normalized spacial score (nSPS) is 19.3. The van der Waals surface area contributed by atoms with Gasteiger partial charge in [-0.3, -0.25) is 4.79 Å². The molecule has 1 aliphatic rings. The van der Waals surface area contributed by atoms with Crippen LogP contribution in [0.4, 0.5) is 5.82 Å². The summed E-state index contributed by atoms with van der Waals surface area (Å²) in [6, 6.07) is 5.20. The van der Waals surface area contributed by atoms with Crippen molar-refractivity contribution in [1.29, 1.82) is 0 Å². The van der Waals surface area contributed by atoms with Gasteiger partial charge < -0.3 is 15.1 Å². The second kappa shape index (κ2) is 6.49. The lowest BCUT2D eigenvalue weighted by Crippen LogP contribution is -2.41. The molecular formula is C13H20N4O2. The van der Waals surface area contributed by atoms with Gasteiger partial charge in [0, 0.05) is 20.2 Å². The zero-order valence-corrected chi connectivity index (χ0v) is 11.1. The van der Waals surface area contributed by atoms with E-state index in [1.54, 1.807) is 25.3 Å². The van der Waals surface area contributed by atoms with Crippen LogP contribution in [0.1, 0.15) is 23.3 Å². The molecule has 1 amide bonds. The molecule has 2 rings (SSSR count). The first-order valence-corrected chi connectivity index (χ1v) is 6.46. The maximum atomic E-state index is 12.4. The second-order valence-electron chi connectivity index (χ2n) is 4.77. The van der Waals surface area contributed by atoms with Crippen molar-refractivity contribution in [1.82, 2.24) is 9.88 Å². The molecule has 0 bridgehead atoms. The van der Waals surface area contributed by atoms with E-state index in [1.807, 2.05) is 4.90 Å². The van der Waals surface area contributed by atoms with Crippen LogP contribution in [-0.4, -0.2) is 42.6 Å². The van der Waals surface area contributed by atoms with Crippen LogP contribution in [0.2, 0.25) is 0 Å². The molecule has 0 saturated carbocycles. The summed E-state index contributed by atoms with van der Waals surface area (Å²) in [5, 5.41) is 0. The Bertz CT molecular complexity index is 436. The van der Waals surface area contributed by atoms with E-state index in [0.29, 0.717) is 24.0 Å². The second-order valence-corrected chi connectivity index (χ2v) is 4.77. The molecule has 1 unspecified atom stereocenters. The molecule has 1 aromatic rings. The number of carbonyl (C=O) groups is 1. The summed E-state index contributed by atoms with van der Waals surface area (Å²) >= 11 is 0. The van der Waals surface area contributed by atoms with Gasteiger partial charge in [0.15, 0.2) is 0 Å². The van der Waals surface area contributed by atoms with Gasteiger partial charge in [-0.1, -0.05) is 6.07 Å². The largest absolute Gasteiger partial charge is 0.384 e. The van der Waals surface area contributed by atoms with E-state index in [1.165, 1.54) is 0 Å². The quantitative estimate of drug-likeness (QED) is 0.623. The fraction of sp³-hybridized carbons (Fsp3) is 0.538. The molecule has 0 aromatic carbocycles. The number of amides is 1. The minimum absolute atomic E-state index is 0.0436. The fourth-order valence-electron chi connectivity index (χ4n) is 2.42. The molecule has 0 spiro atoms. The van der Waals surface area contributed by atoms with E-state index >= 15 is 0 Å². The van der Waals surface area contributed by atoms with E-state index < -0.39 is 0 Å². The lowest BCUT2D eigenvalue weighted by molar-refractivity contribution is 0.0566. The number of hydrogen-bond acceptors (Lipinski definition) is 5. The van der Waals surface area contributed by atoms with Gasteiger partial charge in [0.25, 0.3) is 5.91 Å². The van der Waals surface area contributed by atoms with Crippen LogP contribution < -0.4 is 11.3 Å². The average Bonchev–Trinajstić information content (AvgIpc) is 2.47. The molecule has 1 fully saturated rings. The molecule has 1 atom stereocenters. The van der Waals surface area contributed by atoms with E-state index in [9.17, 15) is 4.79 Å². The smallest absolute Gasteiger partial charge is 0.272 e. The SMILES string of the molecule is COCC1CCCN(C(=O)c2cccc(NN)n2)C1. The zero-order valence-electron chi connectivity index (χ0n) is 11.1. The first kappa shape index (κ1) is 13.8. The van der Waals surface area contributed by atoms with Gasteiger partial charge >= 0.3 is 0 Å². The number of nitrogens with zero attached hydrogens (tertiary/aromatic N) is 2. The number of likely N-dealkylation sites (tertiary alicyclic amines) is 1. The van der Waals surface area contributed by atoms with Crippen LogP contribution in [0.5, 0.6) is 0 Å². The summed E-state index contributed by atoms with van der Waals surface area (Å²) in [5.74, 6) is 6.17. The maximum Gasteiger partial charge on any atom is 0.272 e. The zero-order chi connectivity index (χ0) is 13.7. The van der Waals surface area contributed by atoms with Crippen molar-refractivity contribution in [2.75, 3.05) is 32.2 Å². The highest BCUT2D eigenvalue weighted by molar-refractivity contribution is 5.92. The predicted molar refractivity (Wildman–Crippen MR) is 72.6 cm³/mol. The number of nitrogens with two attached hydrogens (primary N) is 1. The minimum atomic E-state index is -0.0436. The lowest BCUT2D eigenvalue weighted by Gasteiger charge is -2.32. The third-order valence-corrected chi connectivity index (χ3v) is 3.32. The van der Waals surface area contributed by atoms with E-state index in [4.69, 9.17) is 10.6 Å². The molecule has 0 aliphatic carbocycles. The van der Waals surface area contributed by atoms with E-state index in [0.717, 1.165) is 25.9 Å². The summed E-state index contributed by atoms with van der Waals surface area (Å²) in [6.45, 7) is 2.21. The Morgan fingerprint density at radius 1 is 1.63 bits per heavy atom. The molecular weight excluding hydrogens is 244 g/mol. The molecule has 6 heteroatoms. The number of nitrogens with one attached hydrogen (secondary N) is 1. The summed E-state index contributed by atoms with van der Waals surface area (Å²) in [7, 11) is 1.69. The number of rotatable bonds is 4. The molecule has 19 heavy (non-hydrogen) atoms. The lowest BCUT2D eigenvalue weighted by atomic mass is 9.98. The number of aromatic nitrogens is 1. The number of ether oxygens (including phenoxy) is 1. The standard InChI is InChI=1S/C13H20N4O2/c1-19-9-10-4-3-7-17(8-10)13(18)11-5-2-6-12(15-11)16-14/h2,5-6,10H,3-4,7-9,14H2,1H3,(H,15,16). The molecule has 1 saturated heterocycles. The van der Waals surface area contributed by atoms with Gasteiger partial charge in [-0.05, 0) is 30.9 Å². The highest BCUT2D eigenvalue weighted by Crippen LogP contribution is 2.18. The number of nitrogen functional groups attached to an aromatic ring is 1. The minimum Gasteiger partial charge on any atom is -0.384 e. The Kier molecular flexibility index (Phi) is 4.70. The van der Waals surface area contributed by atoms with Crippen molar-refractivity contribution >= 4 is 11.7 Å². The van der Waals surface area contributed by atoms with Gasteiger partial charge in [0.2, 0.25) is 0 Å².